The zero-order chi connectivity index (χ0) is 12.6. The summed E-state index contributed by atoms with van der Waals surface area (Å²) in [4.78, 5) is 22.6. The molecule has 16 heavy (non-hydrogen) atoms. The van der Waals surface area contributed by atoms with Crippen molar-refractivity contribution in [1.82, 2.24) is 0 Å². The number of rotatable bonds is 2. The van der Waals surface area contributed by atoms with E-state index in [2.05, 4.69) is 5.73 Å². The Balaban J connectivity index is 3.80. The first kappa shape index (κ1) is 14.6. The van der Waals surface area contributed by atoms with Crippen LogP contribution in [0, 0.1) is 14.1 Å². The van der Waals surface area contributed by atoms with Gasteiger partial charge in [0.25, 0.3) is 10.5 Å². The van der Waals surface area contributed by atoms with Crippen LogP contribution in [-0.2, 0) is 0 Å². The maximum Gasteiger partial charge on any atom is 0.253 e. The second kappa shape index (κ2) is 5.47. The molecule has 0 amide bonds. The van der Waals surface area contributed by atoms with Gasteiger partial charge < -0.3 is 5.73 Å². The van der Waals surface area contributed by atoms with Crippen LogP contribution in [0.4, 0.5) is 5.69 Å². The van der Waals surface area contributed by atoms with Gasteiger partial charge in [-0.05, 0) is 80.9 Å². The van der Waals surface area contributed by atoms with Crippen molar-refractivity contribution < 1.29 is 15.3 Å². The average Bonchev–Trinajstić information content (AvgIpc) is 2.13. The van der Waals surface area contributed by atoms with Crippen LogP contribution in [0.3, 0.4) is 0 Å². The van der Waals surface area contributed by atoms with Crippen LogP contribution in [0.25, 0.3) is 0 Å². The third-order valence-electron chi connectivity index (χ3n) is 2.11. The fraction of sp³-hybridized carbons (Fsp3) is 0.111. The highest BCUT2D eigenvalue weighted by atomic mass is 127. The summed E-state index contributed by atoms with van der Waals surface area (Å²) < 4.78 is 1.31. The largest absolute Gasteiger partial charge is 0.323 e. The predicted molar refractivity (Wildman–Crippen MR) is 79.5 cm³/mol. The minimum atomic E-state index is -0.609. The fourth-order valence-corrected chi connectivity index (χ4v) is 4.47. The average molecular weight is 485 g/mol. The Hall–Kier alpha value is 0.560. The van der Waals surface area contributed by atoms with Crippen LogP contribution < -0.4 is 5.73 Å². The van der Waals surface area contributed by atoms with E-state index in [9.17, 15) is 9.59 Å². The Kier molecular flexibility index (Phi) is 5.00. The molecule has 7 heteroatoms. The summed E-state index contributed by atoms with van der Waals surface area (Å²) in [7, 11) is 0. The number of hydrogen-bond acceptors (Lipinski definition) is 2. The van der Waals surface area contributed by atoms with Gasteiger partial charge in [-0.25, -0.2) is 0 Å². The minimum Gasteiger partial charge on any atom is -0.323 e. The number of carbonyl (C=O) groups is 2. The SMILES string of the molecule is Cc1c(C(=O)Cl)c(I)c([NH3+])c(I)c1C(=O)Cl. The molecular formula is C9H6Cl2I2NO2+. The highest BCUT2D eigenvalue weighted by Crippen LogP contribution is 2.33. The molecule has 1 aromatic carbocycles. The molecule has 0 aliphatic heterocycles. The van der Waals surface area contributed by atoms with E-state index in [0.29, 0.717) is 29.5 Å². The van der Waals surface area contributed by atoms with Crippen molar-refractivity contribution in [2.75, 3.05) is 0 Å². The van der Waals surface area contributed by atoms with Crippen molar-refractivity contribution in [3.05, 3.63) is 23.8 Å². The van der Waals surface area contributed by atoms with Gasteiger partial charge in [0.1, 0.15) is 0 Å². The second-order valence-corrected chi connectivity index (χ2v) is 5.87. The maximum absolute atomic E-state index is 11.3. The molecule has 0 fully saturated rings. The first-order valence-corrected chi connectivity index (χ1v) is 6.93. The van der Waals surface area contributed by atoms with Crippen LogP contribution in [0.2, 0.25) is 0 Å². The van der Waals surface area contributed by atoms with E-state index < -0.39 is 10.5 Å². The molecule has 0 aliphatic carbocycles. The first-order chi connectivity index (χ1) is 7.29. The highest BCUT2D eigenvalue weighted by molar-refractivity contribution is 14.1. The lowest BCUT2D eigenvalue weighted by atomic mass is 10.0. The van der Waals surface area contributed by atoms with Gasteiger partial charge in [-0.1, -0.05) is 0 Å². The van der Waals surface area contributed by atoms with E-state index in [1.807, 2.05) is 45.2 Å². The summed E-state index contributed by atoms with van der Waals surface area (Å²) in [6, 6.07) is 0. The van der Waals surface area contributed by atoms with Gasteiger partial charge in [-0.3, -0.25) is 9.59 Å². The van der Waals surface area contributed by atoms with E-state index in [0.717, 1.165) is 0 Å². The van der Waals surface area contributed by atoms with Crippen molar-refractivity contribution in [1.29, 1.82) is 0 Å². The Bertz CT molecular complexity index is 462. The Labute approximate surface area is 129 Å². The number of hydrogen-bond donors (Lipinski definition) is 1. The van der Waals surface area contributed by atoms with Crippen molar-refractivity contribution in [3.8, 4) is 0 Å². The summed E-state index contributed by atoms with van der Waals surface area (Å²) in [5.41, 5.74) is 5.51. The summed E-state index contributed by atoms with van der Waals surface area (Å²) in [5.74, 6) is 0. The molecule has 0 saturated carbocycles. The maximum atomic E-state index is 11.3. The smallest absolute Gasteiger partial charge is 0.253 e. The van der Waals surface area contributed by atoms with E-state index in [4.69, 9.17) is 23.2 Å². The first-order valence-electron chi connectivity index (χ1n) is 4.02. The topological polar surface area (TPSA) is 61.8 Å². The highest BCUT2D eigenvalue weighted by Gasteiger charge is 2.25. The van der Waals surface area contributed by atoms with Crippen LogP contribution in [0.1, 0.15) is 26.3 Å². The van der Waals surface area contributed by atoms with Gasteiger partial charge >= 0.3 is 0 Å². The molecule has 0 bridgehead atoms. The molecule has 0 unspecified atom stereocenters. The Morgan fingerprint density at radius 1 is 1.06 bits per heavy atom. The van der Waals surface area contributed by atoms with Crippen LogP contribution in [-0.4, -0.2) is 10.5 Å². The summed E-state index contributed by atoms with van der Waals surface area (Å²) in [6.45, 7) is 1.65. The quantitative estimate of drug-likeness (QED) is 0.518. The van der Waals surface area contributed by atoms with Crippen LogP contribution in [0.5, 0.6) is 0 Å². The number of benzene rings is 1. The van der Waals surface area contributed by atoms with Gasteiger partial charge in [0.15, 0.2) is 5.69 Å². The Morgan fingerprint density at radius 3 is 1.62 bits per heavy atom. The fourth-order valence-electron chi connectivity index (χ4n) is 1.32. The Morgan fingerprint density at radius 2 is 1.38 bits per heavy atom. The summed E-state index contributed by atoms with van der Waals surface area (Å²) in [5, 5.41) is -1.22. The zero-order valence-electron chi connectivity index (χ0n) is 8.04. The van der Waals surface area contributed by atoms with E-state index in [-0.39, 0.29) is 0 Å². The number of halogens is 4. The zero-order valence-corrected chi connectivity index (χ0v) is 13.9. The molecule has 0 aromatic heterocycles. The minimum absolute atomic E-state index is 0.302. The third kappa shape index (κ3) is 2.53. The molecule has 0 atom stereocenters. The van der Waals surface area contributed by atoms with Gasteiger partial charge in [-0.2, -0.15) is 0 Å². The number of carbonyl (C=O) groups excluding carboxylic acids is 2. The van der Waals surface area contributed by atoms with Gasteiger partial charge in [0.05, 0.1) is 18.3 Å². The molecule has 0 heterocycles. The molecule has 1 rings (SSSR count). The monoisotopic (exact) mass is 484 g/mol. The van der Waals surface area contributed by atoms with Crippen molar-refractivity contribution in [2.45, 2.75) is 6.92 Å². The molecule has 1 aromatic rings. The second-order valence-electron chi connectivity index (χ2n) is 3.03. The lowest BCUT2D eigenvalue weighted by Gasteiger charge is -2.11. The van der Waals surface area contributed by atoms with E-state index in [1.165, 1.54) is 0 Å². The molecule has 3 N–H and O–H groups in total. The molecule has 0 saturated heterocycles. The van der Waals surface area contributed by atoms with Crippen molar-refractivity contribution in [2.24, 2.45) is 0 Å². The molecule has 3 nitrogen and oxygen atoms in total. The standard InChI is InChI=1S/C9H5Cl2I2NO2/c1-2-3(8(10)15)5(12)7(14)6(13)4(2)9(11)16/h14H2,1H3/p+1. The van der Waals surface area contributed by atoms with Crippen molar-refractivity contribution in [3.63, 3.8) is 0 Å². The lowest BCUT2D eigenvalue weighted by molar-refractivity contribution is -0.257. The van der Waals surface area contributed by atoms with E-state index in [1.54, 1.807) is 6.92 Å². The summed E-state index contributed by atoms with van der Waals surface area (Å²) in [6.07, 6.45) is 0. The molecule has 86 valence electrons. The van der Waals surface area contributed by atoms with Gasteiger partial charge in [0.2, 0.25) is 0 Å². The molecule has 0 radical (unpaired) electrons. The third-order valence-corrected chi connectivity index (χ3v) is 4.87. The van der Waals surface area contributed by atoms with E-state index >= 15 is 0 Å². The van der Waals surface area contributed by atoms with Crippen LogP contribution >= 0.6 is 68.4 Å². The molecular weight excluding hydrogens is 479 g/mol. The van der Waals surface area contributed by atoms with Crippen LogP contribution in [0.15, 0.2) is 0 Å². The predicted octanol–water partition coefficient (Wildman–Crippen LogP) is 2.84. The van der Waals surface area contributed by atoms with Gasteiger partial charge in [-0.15, -0.1) is 0 Å². The lowest BCUT2D eigenvalue weighted by Crippen LogP contribution is -2.43. The summed E-state index contributed by atoms with van der Waals surface area (Å²) >= 11 is 14.9. The number of quaternary nitrogens is 1. The van der Waals surface area contributed by atoms with Crippen molar-refractivity contribution >= 4 is 84.6 Å². The molecule has 0 spiro atoms. The molecule has 0 aliphatic rings. The normalized spacial score (nSPS) is 10.4. The van der Waals surface area contributed by atoms with Gasteiger partial charge in [0, 0.05) is 0 Å².